The summed E-state index contributed by atoms with van der Waals surface area (Å²) >= 11 is 0. The zero-order valence-corrected chi connectivity index (χ0v) is 12.6. The van der Waals surface area contributed by atoms with Gasteiger partial charge in [0.05, 0.1) is 11.5 Å². The first-order chi connectivity index (χ1) is 10.4. The Kier molecular flexibility index (Phi) is 3.71. The SMILES string of the molecule is CC(F)(F)C(OC(=O)C1C2CC3CC1CC(O)(C3)C2)C(F)(F)F. The van der Waals surface area contributed by atoms with Crippen LogP contribution in [0.2, 0.25) is 0 Å². The molecule has 3 unspecified atom stereocenters. The first kappa shape index (κ1) is 16.9. The maximum absolute atomic E-state index is 13.2. The summed E-state index contributed by atoms with van der Waals surface area (Å²) in [5.41, 5.74) is -0.856. The average molecular weight is 342 g/mol. The fourth-order valence-electron chi connectivity index (χ4n) is 5.02. The van der Waals surface area contributed by atoms with Gasteiger partial charge >= 0.3 is 12.1 Å². The standard InChI is InChI=1S/C15H19F5O3/c1-13(16,17)12(15(18,19)20)23-11(21)10-8-2-7-3-9(10)6-14(22,4-7)5-8/h7-10,12,22H,2-6H2,1H3. The quantitative estimate of drug-likeness (QED) is 0.632. The van der Waals surface area contributed by atoms with Crippen molar-refractivity contribution in [3.63, 3.8) is 0 Å². The zero-order valence-electron chi connectivity index (χ0n) is 12.6. The molecule has 132 valence electrons. The lowest BCUT2D eigenvalue weighted by molar-refractivity contribution is -0.278. The second-order valence-electron chi connectivity index (χ2n) is 7.53. The van der Waals surface area contributed by atoms with Crippen LogP contribution in [-0.2, 0) is 9.53 Å². The van der Waals surface area contributed by atoms with Crippen LogP contribution in [0.1, 0.15) is 39.0 Å². The summed E-state index contributed by atoms with van der Waals surface area (Å²) in [6.07, 6.45) is -6.16. The van der Waals surface area contributed by atoms with Crippen molar-refractivity contribution in [3.05, 3.63) is 0 Å². The van der Waals surface area contributed by atoms with Gasteiger partial charge < -0.3 is 9.84 Å². The Labute approximate surface area is 130 Å². The summed E-state index contributed by atoms with van der Waals surface area (Å²) in [5, 5.41) is 10.4. The van der Waals surface area contributed by atoms with Crippen LogP contribution in [0.5, 0.6) is 0 Å². The molecule has 0 amide bonds. The number of carbonyl (C=O) groups excluding carboxylic acids is 1. The Balaban J connectivity index is 1.76. The van der Waals surface area contributed by atoms with Gasteiger partial charge in [-0.1, -0.05) is 0 Å². The number of hydrogen-bond acceptors (Lipinski definition) is 3. The summed E-state index contributed by atoms with van der Waals surface area (Å²) in [4.78, 5) is 12.2. The molecule has 0 radical (unpaired) electrons. The monoisotopic (exact) mass is 342 g/mol. The maximum atomic E-state index is 13.2. The second kappa shape index (κ2) is 5.04. The molecule has 4 fully saturated rings. The fourth-order valence-corrected chi connectivity index (χ4v) is 5.02. The van der Waals surface area contributed by atoms with E-state index >= 15 is 0 Å². The molecule has 0 aromatic heterocycles. The van der Waals surface area contributed by atoms with E-state index in [1.165, 1.54) is 0 Å². The molecule has 0 aromatic rings. The van der Waals surface area contributed by atoms with Crippen LogP contribution in [-0.4, -0.2) is 34.9 Å². The lowest BCUT2D eigenvalue weighted by Gasteiger charge is -2.57. The molecule has 23 heavy (non-hydrogen) atoms. The Hall–Kier alpha value is -0.920. The molecule has 4 aliphatic carbocycles. The first-order valence-electron chi connectivity index (χ1n) is 7.76. The van der Waals surface area contributed by atoms with E-state index in [1.54, 1.807) is 0 Å². The van der Waals surface area contributed by atoms with E-state index in [-0.39, 0.29) is 24.7 Å². The van der Waals surface area contributed by atoms with Crippen LogP contribution < -0.4 is 0 Å². The number of rotatable bonds is 3. The molecule has 0 saturated heterocycles. The van der Waals surface area contributed by atoms with E-state index < -0.39 is 35.7 Å². The van der Waals surface area contributed by atoms with Crippen LogP contribution in [0.3, 0.4) is 0 Å². The topological polar surface area (TPSA) is 46.5 Å². The molecule has 1 N–H and O–H groups in total. The molecule has 4 saturated carbocycles. The predicted molar refractivity (Wildman–Crippen MR) is 68.6 cm³/mol. The van der Waals surface area contributed by atoms with Gasteiger partial charge in [-0.15, -0.1) is 0 Å². The van der Waals surface area contributed by atoms with Gasteiger partial charge in [0.2, 0.25) is 0 Å². The molecule has 0 aromatic carbocycles. The number of alkyl halides is 5. The number of hydrogen-bond donors (Lipinski definition) is 1. The molecule has 4 rings (SSSR count). The number of carbonyl (C=O) groups is 1. The Morgan fingerprint density at radius 3 is 2.04 bits per heavy atom. The largest absolute Gasteiger partial charge is 0.446 e. The van der Waals surface area contributed by atoms with Gasteiger partial charge in [-0.05, 0) is 49.9 Å². The predicted octanol–water partition coefficient (Wildman–Crippen LogP) is 3.30. The van der Waals surface area contributed by atoms with Crippen LogP contribution in [0.4, 0.5) is 22.0 Å². The van der Waals surface area contributed by atoms with E-state index in [4.69, 9.17) is 0 Å². The third-order valence-electron chi connectivity index (χ3n) is 5.50. The highest BCUT2D eigenvalue weighted by Crippen LogP contribution is 2.58. The van der Waals surface area contributed by atoms with Crippen LogP contribution in [0.15, 0.2) is 0 Å². The molecule has 4 aliphatic rings. The normalized spacial score (nSPS) is 41.0. The minimum absolute atomic E-state index is 0.0953. The number of esters is 1. The molecule has 3 atom stereocenters. The van der Waals surface area contributed by atoms with Crippen molar-refractivity contribution in [1.82, 2.24) is 0 Å². The Bertz CT molecular complexity index is 468. The summed E-state index contributed by atoms with van der Waals surface area (Å²) in [7, 11) is 0. The van der Waals surface area contributed by atoms with Gasteiger partial charge in [0.25, 0.3) is 12.0 Å². The van der Waals surface area contributed by atoms with Crippen molar-refractivity contribution in [2.45, 2.75) is 62.8 Å². The number of ether oxygens (including phenoxy) is 1. The van der Waals surface area contributed by atoms with E-state index in [0.717, 1.165) is 0 Å². The van der Waals surface area contributed by atoms with Crippen LogP contribution in [0, 0.1) is 23.7 Å². The van der Waals surface area contributed by atoms with Crippen molar-refractivity contribution in [1.29, 1.82) is 0 Å². The maximum Gasteiger partial charge on any atom is 0.431 e. The third-order valence-corrected chi connectivity index (χ3v) is 5.50. The van der Waals surface area contributed by atoms with Crippen LogP contribution in [0.25, 0.3) is 0 Å². The summed E-state index contributed by atoms with van der Waals surface area (Å²) in [6, 6.07) is 0. The summed E-state index contributed by atoms with van der Waals surface area (Å²) < 4.78 is 68.9. The molecule has 0 aliphatic heterocycles. The van der Waals surface area contributed by atoms with Crippen LogP contribution >= 0.6 is 0 Å². The highest BCUT2D eigenvalue weighted by atomic mass is 19.4. The molecule has 0 spiro atoms. The first-order valence-corrected chi connectivity index (χ1v) is 7.76. The van der Waals surface area contributed by atoms with E-state index in [2.05, 4.69) is 4.74 Å². The van der Waals surface area contributed by atoms with Gasteiger partial charge in [-0.25, -0.2) is 8.78 Å². The highest BCUT2D eigenvalue weighted by Gasteiger charge is 2.60. The van der Waals surface area contributed by atoms with Crippen molar-refractivity contribution in [2.24, 2.45) is 23.7 Å². The van der Waals surface area contributed by atoms with Gasteiger partial charge in [0.15, 0.2) is 0 Å². The average Bonchev–Trinajstić information content (AvgIpc) is 2.30. The van der Waals surface area contributed by atoms with Gasteiger partial charge in [-0.2, -0.15) is 13.2 Å². The lowest BCUT2D eigenvalue weighted by Crippen LogP contribution is -2.57. The molecular weight excluding hydrogens is 323 g/mol. The molecule has 3 nitrogen and oxygen atoms in total. The van der Waals surface area contributed by atoms with Gasteiger partial charge in [0, 0.05) is 6.92 Å². The number of halogens is 5. The lowest BCUT2D eigenvalue weighted by atomic mass is 9.50. The van der Waals surface area contributed by atoms with E-state index in [1.807, 2.05) is 0 Å². The zero-order chi connectivity index (χ0) is 17.2. The Morgan fingerprint density at radius 1 is 1.13 bits per heavy atom. The van der Waals surface area contributed by atoms with Crippen molar-refractivity contribution in [3.8, 4) is 0 Å². The minimum atomic E-state index is -5.32. The van der Waals surface area contributed by atoms with Gasteiger partial charge in [0.1, 0.15) is 0 Å². The third kappa shape index (κ3) is 3.06. The van der Waals surface area contributed by atoms with E-state index in [0.29, 0.717) is 32.1 Å². The smallest absolute Gasteiger partial charge is 0.431 e. The Morgan fingerprint density at radius 2 is 1.65 bits per heavy atom. The molecule has 8 heteroatoms. The second-order valence-corrected chi connectivity index (χ2v) is 7.53. The fraction of sp³-hybridized carbons (Fsp3) is 0.933. The molecule has 4 bridgehead atoms. The van der Waals surface area contributed by atoms with E-state index in [9.17, 15) is 31.9 Å². The minimum Gasteiger partial charge on any atom is -0.446 e. The van der Waals surface area contributed by atoms with Crippen molar-refractivity contribution in [2.75, 3.05) is 0 Å². The highest BCUT2D eigenvalue weighted by molar-refractivity contribution is 5.74. The number of aliphatic hydroxyl groups is 1. The van der Waals surface area contributed by atoms with Crippen molar-refractivity contribution >= 4 is 5.97 Å². The summed E-state index contributed by atoms with van der Waals surface area (Å²) in [5.74, 6) is -6.52. The molecule has 0 heterocycles. The summed E-state index contributed by atoms with van der Waals surface area (Å²) in [6.45, 7) is 0.0953. The van der Waals surface area contributed by atoms with Gasteiger partial charge in [-0.3, -0.25) is 4.79 Å². The molecular formula is C15H19F5O3. The van der Waals surface area contributed by atoms with Crippen molar-refractivity contribution < 1.29 is 36.6 Å².